The lowest BCUT2D eigenvalue weighted by Gasteiger charge is -2.27. The minimum atomic E-state index is 0.0261. The van der Waals surface area contributed by atoms with E-state index in [0.29, 0.717) is 5.56 Å². The summed E-state index contributed by atoms with van der Waals surface area (Å²) in [4.78, 5) is 19.0. The van der Waals surface area contributed by atoms with E-state index in [4.69, 9.17) is 4.74 Å². The van der Waals surface area contributed by atoms with Crippen molar-refractivity contribution in [1.29, 1.82) is 0 Å². The van der Waals surface area contributed by atoms with Gasteiger partial charge in [-0.15, -0.1) is 0 Å². The van der Waals surface area contributed by atoms with Gasteiger partial charge in [-0.25, -0.2) is 4.98 Å². The maximum Gasteiger partial charge on any atom is 0.254 e. The molecule has 0 spiro atoms. The third-order valence-electron chi connectivity index (χ3n) is 4.09. The number of hydrogen-bond donors (Lipinski definition) is 1. The average molecular weight is 291 g/mol. The zero-order valence-electron chi connectivity index (χ0n) is 13.5. The standard InChI is InChI=1S/C16H25N3O2/c1-10(2)13-8-12(9-15(17-4)18-13)16(20)19(5)14-6-7-21-11(14)3/h8-11,14H,6-7H2,1-5H3,(H,17,18). The molecule has 0 aliphatic carbocycles. The molecule has 2 rings (SSSR count). The van der Waals surface area contributed by atoms with Crippen LogP contribution in [0.4, 0.5) is 5.82 Å². The van der Waals surface area contributed by atoms with Crippen molar-refractivity contribution in [3.05, 3.63) is 23.4 Å². The fraction of sp³-hybridized carbons (Fsp3) is 0.625. The van der Waals surface area contributed by atoms with Crippen LogP contribution in [0.5, 0.6) is 0 Å². The van der Waals surface area contributed by atoms with E-state index in [9.17, 15) is 4.79 Å². The maximum absolute atomic E-state index is 12.7. The van der Waals surface area contributed by atoms with Crippen molar-refractivity contribution in [3.8, 4) is 0 Å². The lowest BCUT2D eigenvalue weighted by Crippen LogP contribution is -2.41. The highest BCUT2D eigenvalue weighted by Gasteiger charge is 2.31. The van der Waals surface area contributed by atoms with E-state index < -0.39 is 0 Å². The van der Waals surface area contributed by atoms with Gasteiger partial charge in [0.15, 0.2) is 0 Å². The molecule has 2 unspecified atom stereocenters. The summed E-state index contributed by atoms with van der Waals surface area (Å²) in [5, 5.41) is 3.03. The highest BCUT2D eigenvalue weighted by molar-refractivity contribution is 5.95. The molecule has 1 N–H and O–H groups in total. The van der Waals surface area contributed by atoms with Crippen LogP contribution in [-0.4, -0.2) is 48.6 Å². The molecule has 0 aromatic carbocycles. The Hall–Kier alpha value is -1.62. The molecule has 21 heavy (non-hydrogen) atoms. The first kappa shape index (κ1) is 15.8. The molecule has 1 saturated heterocycles. The first-order chi connectivity index (χ1) is 9.93. The van der Waals surface area contributed by atoms with Crippen LogP contribution in [0.3, 0.4) is 0 Å². The third-order valence-corrected chi connectivity index (χ3v) is 4.09. The van der Waals surface area contributed by atoms with Crippen molar-refractivity contribution < 1.29 is 9.53 Å². The molecule has 116 valence electrons. The molecule has 1 aliphatic rings. The van der Waals surface area contributed by atoms with E-state index in [1.165, 1.54) is 0 Å². The number of anilines is 1. The zero-order chi connectivity index (χ0) is 15.6. The molecular weight excluding hydrogens is 266 g/mol. The van der Waals surface area contributed by atoms with Crippen LogP contribution >= 0.6 is 0 Å². The summed E-state index contributed by atoms with van der Waals surface area (Å²) >= 11 is 0. The second kappa shape index (κ2) is 6.43. The first-order valence-corrected chi connectivity index (χ1v) is 7.52. The Bertz CT molecular complexity index is 516. The van der Waals surface area contributed by atoms with E-state index in [2.05, 4.69) is 24.1 Å². The van der Waals surface area contributed by atoms with Gasteiger partial charge in [-0.2, -0.15) is 0 Å². The van der Waals surface area contributed by atoms with Crippen LogP contribution in [0.1, 0.15) is 49.2 Å². The minimum Gasteiger partial charge on any atom is -0.376 e. The van der Waals surface area contributed by atoms with Gasteiger partial charge < -0.3 is 15.0 Å². The summed E-state index contributed by atoms with van der Waals surface area (Å²) in [7, 11) is 3.67. The number of hydrogen-bond acceptors (Lipinski definition) is 4. The molecule has 1 fully saturated rings. The number of amides is 1. The molecule has 1 amide bonds. The van der Waals surface area contributed by atoms with Crippen molar-refractivity contribution >= 4 is 11.7 Å². The Morgan fingerprint density at radius 2 is 2.19 bits per heavy atom. The van der Waals surface area contributed by atoms with Crippen molar-refractivity contribution in [2.45, 2.75) is 45.3 Å². The van der Waals surface area contributed by atoms with E-state index in [-0.39, 0.29) is 24.0 Å². The number of nitrogens with one attached hydrogen (secondary N) is 1. The van der Waals surface area contributed by atoms with Gasteiger partial charge in [0.25, 0.3) is 5.91 Å². The fourth-order valence-electron chi connectivity index (χ4n) is 2.68. The third kappa shape index (κ3) is 3.35. The summed E-state index contributed by atoms with van der Waals surface area (Å²) in [6.07, 6.45) is 0.985. The summed E-state index contributed by atoms with van der Waals surface area (Å²) in [5.74, 6) is 1.04. The topological polar surface area (TPSA) is 54.5 Å². The Morgan fingerprint density at radius 1 is 1.48 bits per heavy atom. The summed E-state index contributed by atoms with van der Waals surface area (Å²) < 4.78 is 5.56. The van der Waals surface area contributed by atoms with Crippen LogP contribution in [0.2, 0.25) is 0 Å². The van der Waals surface area contributed by atoms with Gasteiger partial charge in [0.05, 0.1) is 12.1 Å². The molecule has 0 saturated carbocycles. The van der Waals surface area contributed by atoms with Gasteiger partial charge in [0.2, 0.25) is 0 Å². The van der Waals surface area contributed by atoms with Crippen molar-refractivity contribution in [1.82, 2.24) is 9.88 Å². The number of pyridine rings is 1. The Kier molecular flexibility index (Phi) is 4.83. The smallest absolute Gasteiger partial charge is 0.254 e. The SMILES string of the molecule is CNc1cc(C(=O)N(C)C2CCOC2C)cc(C(C)C)n1. The minimum absolute atomic E-state index is 0.0261. The predicted octanol–water partition coefficient (Wildman–Crippen LogP) is 2.50. The van der Waals surface area contributed by atoms with Gasteiger partial charge in [-0.1, -0.05) is 13.8 Å². The first-order valence-electron chi connectivity index (χ1n) is 7.52. The number of rotatable bonds is 4. The van der Waals surface area contributed by atoms with Gasteiger partial charge in [0.1, 0.15) is 5.82 Å². The number of nitrogens with zero attached hydrogens (tertiary/aromatic N) is 2. The van der Waals surface area contributed by atoms with E-state index >= 15 is 0 Å². The fourth-order valence-corrected chi connectivity index (χ4v) is 2.68. The molecule has 1 aromatic rings. The summed E-state index contributed by atoms with van der Waals surface area (Å²) in [6, 6.07) is 3.85. The van der Waals surface area contributed by atoms with Crippen LogP contribution in [-0.2, 0) is 4.74 Å². The van der Waals surface area contributed by atoms with Crippen molar-refractivity contribution in [2.75, 3.05) is 26.0 Å². The number of aromatic nitrogens is 1. The van der Waals surface area contributed by atoms with Crippen LogP contribution < -0.4 is 5.32 Å². The number of ether oxygens (including phenoxy) is 1. The van der Waals surface area contributed by atoms with E-state index in [1.54, 1.807) is 4.90 Å². The van der Waals surface area contributed by atoms with Crippen molar-refractivity contribution in [2.24, 2.45) is 0 Å². The average Bonchev–Trinajstić information content (AvgIpc) is 2.91. The van der Waals surface area contributed by atoms with Crippen LogP contribution in [0, 0.1) is 0 Å². The Balaban J connectivity index is 2.27. The van der Waals surface area contributed by atoms with Gasteiger partial charge in [0, 0.05) is 32.0 Å². The molecular formula is C16H25N3O2. The molecule has 2 atom stereocenters. The highest BCUT2D eigenvalue weighted by Crippen LogP contribution is 2.22. The molecule has 0 radical (unpaired) electrons. The number of likely N-dealkylation sites (N-methyl/N-ethyl adjacent to an activating group) is 1. The molecule has 0 bridgehead atoms. The van der Waals surface area contributed by atoms with Crippen molar-refractivity contribution in [3.63, 3.8) is 0 Å². The highest BCUT2D eigenvalue weighted by atomic mass is 16.5. The van der Waals surface area contributed by atoms with Gasteiger partial charge >= 0.3 is 0 Å². The van der Waals surface area contributed by atoms with Crippen LogP contribution in [0.25, 0.3) is 0 Å². The van der Waals surface area contributed by atoms with E-state index in [1.807, 2.05) is 33.2 Å². The summed E-state index contributed by atoms with van der Waals surface area (Å²) in [5.41, 5.74) is 1.61. The number of carbonyl (C=O) groups excluding carboxylic acids is 1. The maximum atomic E-state index is 12.7. The molecule has 1 aliphatic heterocycles. The monoisotopic (exact) mass is 291 g/mol. The predicted molar refractivity (Wildman–Crippen MR) is 83.8 cm³/mol. The quantitative estimate of drug-likeness (QED) is 0.926. The van der Waals surface area contributed by atoms with E-state index in [0.717, 1.165) is 24.5 Å². The normalized spacial score (nSPS) is 21.6. The molecule has 2 heterocycles. The Morgan fingerprint density at radius 3 is 2.71 bits per heavy atom. The lowest BCUT2D eigenvalue weighted by molar-refractivity contribution is 0.0574. The largest absolute Gasteiger partial charge is 0.376 e. The summed E-state index contributed by atoms with van der Waals surface area (Å²) in [6.45, 7) is 6.89. The van der Waals surface area contributed by atoms with Crippen LogP contribution in [0.15, 0.2) is 12.1 Å². The zero-order valence-corrected chi connectivity index (χ0v) is 13.5. The number of carbonyl (C=O) groups is 1. The van der Waals surface area contributed by atoms with Gasteiger partial charge in [-0.05, 0) is 31.4 Å². The molecule has 5 nitrogen and oxygen atoms in total. The second-order valence-corrected chi connectivity index (χ2v) is 5.92. The molecule has 1 aromatic heterocycles. The lowest BCUT2D eigenvalue weighted by atomic mass is 10.0. The molecule has 5 heteroatoms. The second-order valence-electron chi connectivity index (χ2n) is 5.92. The Labute approximate surface area is 126 Å². The van der Waals surface area contributed by atoms with Gasteiger partial charge in [-0.3, -0.25) is 4.79 Å².